The van der Waals surface area contributed by atoms with Crippen LogP contribution in [-0.4, -0.2) is 36.5 Å². The summed E-state index contributed by atoms with van der Waals surface area (Å²) in [6.07, 6.45) is 6.92. The van der Waals surface area contributed by atoms with Crippen molar-refractivity contribution in [1.29, 1.82) is 0 Å². The Morgan fingerprint density at radius 2 is 1.89 bits per heavy atom. The van der Waals surface area contributed by atoms with Crippen molar-refractivity contribution in [1.82, 2.24) is 30.0 Å². The molecule has 0 saturated carbocycles. The average Bonchev–Trinajstić information content (AvgIpc) is 3.37. The normalized spacial score (nSPS) is 10.7. The summed E-state index contributed by atoms with van der Waals surface area (Å²) in [6, 6.07) is 11.2. The van der Waals surface area contributed by atoms with Gasteiger partial charge in [0.25, 0.3) is 11.5 Å². The molecule has 4 aromatic rings. The van der Waals surface area contributed by atoms with Gasteiger partial charge in [-0.15, -0.1) is 10.2 Å². The quantitative estimate of drug-likeness (QED) is 0.290. The Morgan fingerprint density at radius 1 is 1.03 bits per heavy atom. The van der Waals surface area contributed by atoms with Gasteiger partial charge in [-0.1, -0.05) is 17.4 Å². The van der Waals surface area contributed by atoms with Gasteiger partial charge >= 0.3 is 0 Å². The van der Waals surface area contributed by atoms with Gasteiger partial charge in [0, 0.05) is 49.0 Å². The van der Waals surface area contributed by atoms with E-state index in [9.17, 15) is 18.8 Å². The van der Waals surface area contributed by atoms with E-state index in [1.54, 1.807) is 35.2 Å². The SMILES string of the molecule is O=C(Cc1ccccn1)Nc1ccn(CCCCc2nnc(C(=O)NCc3ncccc3F)s2)c(=O)c1. The largest absolute Gasteiger partial charge is 0.344 e. The van der Waals surface area contributed by atoms with Gasteiger partial charge in [-0.3, -0.25) is 24.4 Å². The number of carbonyl (C=O) groups excluding carboxylic acids is 2. The first-order chi connectivity index (χ1) is 18.0. The van der Waals surface area contributed by atoms with Crippen molar-refractivity contribution in [3.8, 4) is 0 Å². The smallest absolute Gasteiger partial charge is 0.282 e. The zero-order valence-electron chi connectivity index (χ0n) is 19.8. The van der Waals surface area contributed by atoms with Gasteiger partial charge in [0.05, 0.1) is 18.7 Å². The first-order valence-corrected chi connectivity index (χ1v) is 12.4. The first-order valence-electron chi connectivity index (χ1n) is 11.6. The van der Waals surface area contributed by atoms with E-state index in [0.717, 1.165) is 6.42 Å². The van der Waals surface area contributed by atoms with E-state index in [1.807, 2.05) is 6.07 Å². The summed E-state index contributed by atoms with van der Waals surface area (Å²) in [4.78, 5) is 44.9. The van der Waals surface area contributed by atoms with Crippen LogP contribution in [0.5, 0.6) is 0 Å². The zero-order valence-corrected chi connectivity index (χ0v) is 20.6. The highest BCUT2D eigenvalue weighted by Crippen LogP contribution is 2.13. The zero-order chi connectivity index (χ0) is 26.0. The fourth-order valence-electron chi connectivity index (χ4n) is 3.44. The second kappa shape index (κ2) is 12.6. The minimum atomic E-state index is -0.486. The van der Waals surface area contributed by atoms with Crippen LogP contribution >= 0.6 is 11.3 Å². The summed E-state index contributed by atoms with van der Waals surface area (Å²) >= 11 is 1.18. The standard InChI is InChI=1S/C25H24FN7O3S/c26-19-7-5-11-28-20(19)16-29-24(36)25-32-31-22(37-25)8-2-4-12-33-13-9-18(15-23(33)35)30-21(34)14-17-6-1-3-10-27-17/h1,3,5-7,9-11,13,15H,2,4,8,12,14,16H2,(H,29,36)(H,30,34). The van der Waals surface area contributed by atoms with Crippen molar-refractivity contribution < 1.29 is 14.0 Å². The lowest BCUT2D eigenvalue weighted by Gasteiger charge is -2.08. The second-order valence-electron chi connectivity index (χ2n) is 8.07. The Hall–Kier alpha value is -4.32. The van der Waals surface area contributed by atoms with Crippen molar-refractivity contribution in [3.05, 3.63) is 98.6 Å². The molecule has 0 bridgehead atoms. The monoisotopic (exact) mass is 521 g/mol. The molecule has 0 atom stereocenters. The van der Waals surface area contributed by atoms with Crippen molar-refractivity contribution in [3.63, 3.8) is 0 Å². The molecule has 0 saturated heterocycles. The Morgan fingerprint density at radius 3 is 2.68 bits per heavy atom. The van der Waals surface area contributed by atoms with Gasteiger partial charge in [-0.05, 0) is 43.2 Å². The fourth-order valence-corrected chi connectivity index (χ4v) is 4.23. The van der Waals surface area contributed by atoms with Gasteiger partial charge in [0.15, 0.2) is 0 Å². The van der Waals surface area contributed by atoms with Crippen molar-refractivity contribution in [2.45, 2.75) is 38.8 Å². The molecule has 0 aliphatic heterocycles. The number of unbranched alkanes of at least 4 members (excludes halogenated alkanes) is 1. The van der Waals surface area contributed by atoms with Crippen molar-refractivity contribution in [2.24, 2.45) is 0 Å². The molecule has 10 nitrogen and oxygen atoms in total. The van der Waals surface area contributed by atoms with E-state index in [2.05, 4.69) is 30.8 Å². The second-order valence-corrected chi connectivity index (χ2v) is 9.13. The number of hydrogen-bond donors (Lipinski definition) is 2. The summed E-state index contributed by atoms with van der Waals surface area (Å²) in [5, 5.41) is 14.2. The summed E-state index contributed by atoms with van der Waals surface area (Å²) in [5.74, 6) is -1.17. The molecule has 0 aliphatic rings. The number of rotatable bonds is 11. The predicted molar refractivity (Wildman–Crippen MR) is 135 cm³/mol. The minimum absolute atomic E-state index is 0.0398. The Kier molecular flexibility index (Phi) is 8.76. The summed E-state index contributed by atoms with van der Waals surface area (Å²) < 4.78 is 15.2. The molecular weight excluding hydrogens is 497 g/mol. The first kappa shape index (κ1) is 25.8. The maximum atomic E-state index is 13.6. The highest BCUT2D eigenvalue weighted by Gasteiger charge is 2.14. The number of nitrogens with one attached hydrogen (secondary N) is 2. The van der Waals surface area contributed by atoms with Gasteiger partial charge < -0.3 is 15.2 Å². The topological polar surface area (TPSA) is 132 Å². The summed E-state index contributed by atoms with van der Waals surface area (Å²) in [5.41, 5.74) is 1.02. The number of hydrogen-bond acceptors (Lipinski definition) is 8. The Bertz CT molecular complexity index is 1430. The van der Waals surface area contributed by atoms with Gasteiger partial charge in [0.2, 0.25) is 10.9 Å². The number of carbonyl (C=O) groups is 2. The van der Waals surface area contributed by atoms with Crippen molar-refractivity contribution in [2.75, 3.05) is 5.32 Å². The lowest BCUT2D eigenvalue weighted by Crippen LogP contribution is -2.23. The van der Waals surface area contributed by atoms with E-state index in [1.165, 1.54) is 35.7 Å². The Balaban J connectivity index is 1.20. The summed E-state index contributed by atoms with van der Waals surface area (Å²) in [6.45, 7) is 0.463. The average molecular weight is 522 g/mol. The van der Waals surface area contributed by atoms with E-state index in [4.69, 9.17) is 0 Å². The molecule has 0 spiro atoms. The van der Waals surface area contributed by atoms with E-state index in [0.29, 0.717) is 35.8 Å². The molecule has 0 aliphatic carbocycles. The highest BCUT2D eigenvalue weighted by atomic mass is 32.1. The van der Waals surface area contributed by atoms with E-state index >= 15 is 0 Å². The number of nitrogens with zero attached hydrogens (tertiary/aromatic N) is 5. The van der Waals surface area contributed by atoms with E-state index < -0.39 is 11.7 Å². The number of anilines is 1. The number of aromatic nitrogens is 5. The fraction of sp³-hybridized carbons (Fsp3) is 0.240. The van der Waals surface area contributed by atoms with Crippen LogP contribution in [0.3, 0.4) is 0 Å². The Labute approximate surface area is 215 Å². The number of amides is 2. The molecule has 2 amide bonds. The molecule has 4 aromatic heterocycles. The molecule has 37 heavy (non-hydrogen) atoms. The maximum absolute atomic E-state index is 13.6. The van der Waals surface area contributed by atoms with E-state index in [-0.39, 0.29) is 35.1 Å². The molecule has 190 valence electrons. The third kappa shape index (κ3) is 7.58. The molecule has 4 rings (SSSR count). The van der Waals surface area contributed by atoms with Crippen LogP contribution in [0.4, 0.5) is 10.1 Å². The molecule has 0 fully saturated rings. The molecule has 0 unspecified atom stereocenters. The van der Waals surface area contributed by atoms with Gasteiger partial charge in [0.1, 0.15) is 10.8 Å². The number of halogens is 1. The maximum Gasteiger partial charge on any atom is 0.282 e. The van der Waals surface area contributed by atoms with Crippen LogP contribution in [0.15, 0.2) is 65.8 Å². The van der Waals surface area contributed by atoms with Crippen LogP contribution in [0.1, 0.15) is 39.0 Å². The number of pyridine rings is 3. The highest BCUT2D eigenvalue weighted by molar-refractivity contribution is 7.13. The van der Waals surface area contributed by atoms with Crippen LogP contribution in [0.25, 0.3) is 0 Å². The van der Waals surface area contributed by atoms with Crippen molar-refractivity contribution >= 4 is 28.8 Å². The van der Waals surface area contributed by atoms with Crippen LogP contribution in [-0.2, 0) is 30.7 Å². The van der Waals surface area contributed by atoms with Crippen LogP contribution < -0.4 is 16.2 Å². The van der Waals surface area contributed by atoms with Crippen LogP contribution in [0, 0.1) is 5.82 Å². The lowest BCUT2D eigenvalue weighted by atomic mass is 10.2. The minimum Gasteiger partial charge on any atom is -0.344 e. The molecule has 4 heterocycles. The molecular formula is C25H24FN7O3S. The van der Waals surface area contributed by atoms with Crippen LogP contribution in [0.2, 0.25) is 0 Å². The summed E-state index contributed by atoms with van der Waals surface area (Å²) in [7, 11) is 0. The third-order valence-corrected chi connectivity index (χ3v) is 6.28. The molecule has 12 heteroatoms. The molecule has 0 radical (unpaired) electrons. The number of aryl methyl sites for hydroxylation is 2. The predicted octanol–water partition coefficient (Wildman–Crippen LogP) is 2.76. The molecule has 0 aromatic carbocycles. The lowest BCUT2D eigenvalue weighted by molar-refractivity contribution is -0.115. The molecule has 2 N–H and O–H groups in total. The van der Waals surface area contributed by atoms with Gasteiger partial charge in [-0.25, -0.2) is 4.39 Å². The van der Waals surface area contributed by atoms with Gasteiger partial charge in [-0.2, -0.15) is 0 Å². The third-order valence-electron chi connectivity index (χ3n) is 5.30.